The highest BCUT2D eigenvalue weighted by Crippen LogP contribution is 2.41. The third-order valence-corrected chi connectivity index (χ3v) is 6.42. The summed E-state index contributed by atoms with van der Waals surface area (Å²) < 4.78 is 7.91. The topological polar surface area (TPSA) is 94.6 Å². The molecule has 0 radical (unpaired) electrons. The van der Waals surface area contributed by atoms with Crippen LogP contribution in [0.15, 0.2) is 78.9 Å². The number of fused-ring (bicyclic) bond motifs is 3. The molecule has 0 unspecified atom stereocenters. The molecule has 6 nitrogen and oxygen atoms in total. The molecule has 4 aromatic carbocycles. The molecule has 0 spiro atoms. The minimum atomic E-state index is -1.10. The summed E-state index contributed by atoms with van der Waals surface area (Å²) in [5, 5.41) is 11.2. The lowest BCUT2D eigenvalue weighted by Crippen LogP contribution is -2.11. The normalized spacial score (nSPS) is 11.2. The van der Waals surface area contributed by atoms with Gasteiger partial charge in [0.05, 0.1) is 16.4 Å². The molecule has 180 valence electrons. The number of carboxylic acids is 1. The fraction of sp³-hybridized carbons (Fsp3) is 0.103. The number of hydrogen-bond donors (Lipinski definition) is 2. The van der Waals surface area contributed by atoms with Gasteiger partial charge in [0.25, 0.3) is 0 Å². The van der Waals surface area contributed by atoms with Crippen LogP contribution in [0.4, 0.5) is 0 Å². The second-order valence-corrected chi connectivity index (χ2v) is 9.13. The van der Waals surface area contributed by atoms with Crippen LogP contribution in [0.3, 0.4) is 0 Å². The number of primary amides is 1. The zero-order valence-electron chi connectivity index (χ0n) is 19.5. The summed E-state index contributed by atoms with van der Waals surface area (Å²) in [5.74, 6) is -1.30. The smallest absolute Gasteiger partial charge is 0.341 e. The number of carbonyl (C=O) groups is 2. The molecule has 36 heavy (non-hydrogen) atoms. The summed E-state index contributed by atoms with van der Waals surface area (Å²) >= 11 is 6.10. The maximum Gasteiger partial charge on any atom is 0.341 e. The molecule has 0 aliphatic rings. The number of rotatable bonds is 7. The molecule has 1 amide bonds. The van der Waals surface area contributed by atoms with Crippen LogP contribution in [0.1, 0.15) is 21.5 Å². The SMILES string of the molecule is Cc1cccc(Cn2c3cc(-c4ccc(Cl)cc4)cc(OCC(=O)O)c3c3c(C(N)=O)cccc32)c1. The summed E-state index contributed by atoms with van der Waals surface area (Å²) in [6, 6.07) is 24.8. The Balaban J connectivity index is 1.86. The lowest BCUT2D eigenvalue weighted by molar-refractivity contribution is -0.139. The average molecular weight is 499 g/mol. The van der Waals surface area contributed by atoms with Crippen molar-refractivity contribution in [2.75, 3.05) is 6.61 Å². The highest BCUT2D eigenvalue weighted by molar-refractivity contribution is 6.30. The van der Waals surface area contributed by atoms with E-state index in [1.807, 2.05) is 49.4 Å². The first-order valence-electron chi connectivity index (χ1n) is 11.4. The number of aryl methyl sites for hydroxylation is 1. The van der Waals surface area contributed by atoms with Crippen LogP contribution in [0.5, 0.6) is 5.75 Å². The van der Waals surface area contributed by atoms with Crippen LogP contribution in [0, 0.1) is 6.92 Å². The van der Waals surface area contributed by atoms with Gasteiger partial charge < -0.3 is 20.1 Å². The Morgan fingerprint density at radius 1 is 0.917 bits per heavy atom. The summed E-state index contributed by atoms with van der Waals surface area (Å²) in [7, 11) is 0. The van der Waals surface area contributed by atoms with Crippen molar-refractivity contribution in [3.8, 4) is 16.9 Å². The highest BCUT2D eigenvalue weighted by Gasteiger charge is 2.22. The van der Waals surface area contributed by atoms with E-state index in [-0.39, 0.29) is 0 Å². The molecule has 5 rings (SSSR count). The number of nitrogens with two attached hydrogens (primary N) is 1. The summed E-state index contributed by atoms with van der Waals surface area (Å²) in [4.78, 5) is 23.8. The quantitative estimate of drug-likeness (QED) is 0.286. The van der Waals surface area contributed by atoms with Gasteiger partial charge in [0.2, 0.25) is 5.91 Å². The first-order chi connectivity index (χ1) is 17.3. The molecular formula is C29H23ClN2O4. The van der Waals surface area contributed by atoms with Gasteiger partial charge in [0, 0.05) is 22.5 Å². The molecule has 1 heterocycles. The molecule has 5 aromatic rings. The Labute approximate surface area is 212 Å². The molecule has 0 saturated carbocycles. The Kier molecular flexibility index (Phi) is 6.12. The number of carbonyl (C=O) groups excluding carboxylic acids is 1. The van der Waals surface area contributed by atoms with Crippen molar-refractivity contribution in [2.45, 2.75) is 13.5 Å². The molecule has 0 atom stereocenters. The number of hydrogen-bond acceptors (Lipinski definition) is 3. The number of aliphatic carboxylic acids is 1. The largest absolute Gasteiger partial charge is 0.481 e. The second kappa shape index (κ2) is 9.40. The zero-order chi connectivity index (χ0) is 25.4. The summed E-state index contributed by atoms with van der Waals surface area (Å²) in [6.45, 7) is 2.05. The van der Waals surface area contributed by atoms with Gasteiger partial charge in [-0.1, -0.05) is 59.6 Å². The van der Waals surface area contributed by atoms with Crippen molar-refractivity contribution in [2.24, 2.45) is 5.73 Å². The van der Waals surface area contributed by atoms with Gasteiger partial charge >= 0.3 is 5.97 Å². The lowest BCUT2D eigenvalue weighted by Gasteiger charge is -2.12. The van der Waals surface area contributed by atoms with E-state index in [4.69, 9.17) is 22.1 Å². The van der Waals surface area contributed by atoms with Crippen molar-refractivity contribution in [3.05, 3.63) is 101 Å². The van der Waals surface area contributed by atoms with E-state index >= 15 is 0 Å². The number of halogens is 1. The van der Waals surface area contributed by atoms with E-state index in [0.717, 1.165) is 33.3 Å². The minimum absolute atomic E-state index is 0.347. The van der Waals surface area contributed by atoms with Gasteiger partial charge in [-0.25, -0.2) is 4.79 Å². The van der Waals surface area contributed by atoms with E-state index < -0.39 is 18.5 Å². The maximum atomic E-state index is 12.4. The standard InChI is InChI=1S/C29H23ClN2O4/c1-17-4-2-5-18(12-17)15-32-23-7-3-6-22(29(31)35)27(23)28-24(32)13-20(14-25(28)36-16-26(33)34)19-8-10-21(30)11-9-19/h2-14H,15-16H2,1H3,(H2,31,35)(H,33,34). The summed E-state index contributed by atoms with van der Waals surface area (Å²) in [5.41, 5.74) is 11.7. The predicted molar refractivity (Wildman–Crippen MR) is 142 cm³/mol. The molecule has 0 aliphatic carbocycles. The Morgan fingerprint density at radius 3 is 2.36 bits per heavy atom. The van der Waals surface area contributed by atoms with Gasteiger partial charge in [-0.15, -0.1) is 0 Å². The zero-order valence-corrected chi connectivity index (χ0v) is 20.3. The molecule has 0 aliphatic heterocycles. The van der Waals surface area contributed by atoms with Crippen molar-refractivity contribution >= 4 is 45.3 Å². The van der Waals surface area contributed by atoms with E-state index in [1.165, 1.54) is 0 Å². The average Bonchev–Trinajstić information content (AvgIpc) is 3.16. The van der Waals surface area contributed by atoms with Crippen LogP contribution in [0.25, 0.3) is 32.9 Å². The number of ether oxygens (including phenoxy) is 1. The molecule has 1 aromatic heterocycles. The number of aromatic nitrogens is 1. The van der Waals surface area contributed by atoms with Crippen LogP contribution >= 0.6 is 11.6 Å². The van der Waals surface area contributed by atoms with Gasteiger partial charge in [-0.05, 0) is 60.0 Å². The molecule has 3 N–H and O–H groups in total. The maximum absolute atomic E-state index is 12.4. The molecule has 0 bridgehead atoms. The van der Waals surface area contributed by atoms with Gasteiger partial charge in [0.1, 0.15) is 5.75 Å². The van der Waals surface area contributed by atoms with Crippen LogP contribution in [-0.2, 0) is 11.3 Å². The van der Waals surface area contributed by atoms with Gasteiger partial charge in [-0.2, -0.15) is 0 Å². The fourth-order valence-electron chi connectivity index (χ4n) is 4.65. The number of amides is 1. The van der Waals surface area contributed by atoms with Crippen LogP contribution in [-0.4, -0.2) is 28.2 Å². The van der Waals surface area contributed by atoms with Crippen LogP contribution < -0.4 is 10.5 Å². The molecule has 0 saturated heterocycles. The van der Waals surface area contributed by atoms with Crippen molar-refractivity contribution in [3.63, 3.8) is 0 Å². The van der Waals surface area contributed by atoms with Crippen molar-refractivity contribution < 1.29 is 19.4 Å². The van der Waals surface area contributed by atoms with Gasteiger partial charge in [0.15, 0.2) is 6.61 Å². The third-order valence-electron chi connectivity index (χ3n) is 6.17. The number of benzene rings is 4. The Morgan fingerprint density at radius 2 is 1.67 bits per heavy atom. The second-order valence-electron chi connectivity index (χ2n) is 8.70. The number of nitrogens with zero attached hydrogens (tertiary/aromatic N) is 1. The van der Waals surface area contributed by atoms with E-state index in [0.29, 0.717) is 33.7 Å². The number of carboxylic acid groups (broad SMARTS) is 1. The monoisotopic (exact) mass is 498 g/mol. The van der Waals surface area contributed by atoms with E-state index in [2.05, 4.69) is 10.6 Å². The summed E-state index contributed by atoms with van der Waals surface area (Å²) in [6.07, 6.45) is 0. The fourth-order valence-corrected chi connectivity index (χ4v) is 4.78. The lowest BCUT2D eigenvalue weighted by atomic mass is 10.0. The van der Waals surface area contributed by atoms with Crippen molar-refractivity contribution in [1.29, 1.82) is 0 Å². The molecule has 7 heteroatoms. The first-order valence-corrected chi connectivity index (χ1v) is 11.7. The molecular weight excluding hydrogens is 476 g/mol. The Bertz CT molecular complexity index is 1640. The van der Waals surface area contributed by atoms with Gasteiger partial charge in [-0.3, -0.25) is 4.79 Å². The third kappa shape index (κ3) is 4.39. The Hall–Kier alpha value is -4.29. The van der Waals surface area contributed by atoms with Crippen molar-refractivity contribution in [1.82, 2.24) is 4.57 Å². The van der Waals surface area contributed by atoms with Crippen LogP contribution in [0.2, 0.25) is 5.02 Å². The van der Waals surface area contributed by atoms with E-state index in [1.54, 1.807) is 30.3 Å². The minimum Gasteiger partial charge on any atom is -0.481 e. The molecule has 0 fully saturated rings. The first kappa shape index (κ1) is 23.5. The van der Waals surface area contributed by atoms with E-state index in [9.17, 15) is 14.7 Å². The predicted octanol–water partition coefficient (Wildman–Crippen LogP) is 6.03. The highest BCUT2D eigenvalue weighted by atomic mass is 35.5.